The molecule has 17 heteroatoms. The number of amides is 1. The Morgan fingerprint density at radius 1 is 1.17 bits per heavy atom. The summed E-state index contributed by atoms with van der Waals surface area (Å²) >= 11 is 5.15. The van der Waals surface area contributed by atoms with Gasteiger partial charge in [-0.15, -0.1) is 0 Å². The molecule has 1 aliphatic heterocycles. The van der Waals surface area contributed by atoms with E-state index in [4.69, 9.17) is 32.2 Å². The molecule has 1 saturated heterocycles. The van der Waals surface area contributed by atoms with Gasteiger partial charge in [0.2, 0.25) is 0 Å². The number of nitrogens with zero attached hydrogens (tertiary/aromatic N) is 4. The van der Waals surface area contributed by atoms with Crippen LogP contribution in [0.5, 0.6) is 0 Å². The zero-order valence-corrected chi connectivity index (χ0v) is 19.4. The summed E-state index contributed by atoms with van der Waals surface area (Å²) in [7, 11) is 0. The molecule has 5 atom stereocenters. The van der Waals surface area contributed by atoms with E-state index in [1.54, 1.807) is 0 Å². The quantitative estimate of drug-likeness (QED) is 0.128. The van der Waals surface area contributed by atoms with Crippen LogP contribution in [-0.4, -0.2) is 89.9 Å². The molecule has 0 radical (unpaired) electrons. The first-order valence-corrected chi connectivity index (χ1v) is 10.6. The van der Waals surface area contributed by atoms with Crippen LogP contribution in [0.4, 0.5) is 5.82 Å². The molecule has 0 aromatic carbocycles. The van der Waals surface area contributed by atoms with Crippen molar-refractivity contribution < 1.29 is 38.8 Å². The number of aliphatic hydroxyl groups excluding tert-OH is 2. The molecule has 0 spiro atoms. The molecule has 2 aromatic rings. The molecule has 0 unspecified atom stereocenters. The fraction of sp³-hybridized carbons (Fsp3) is 0.500. The highest BCUT2D eigenvalue weighted by atomic mass is 32.1. The summed E-state index contributed by atoms with van der Waals surface area (Å²) in [5.74, 6) is -1.86. The number of nitrogens with two attached hydrogens (primary N) is 1. The summed E-state index contributed by atoms with van der Waals surface area (Å²) in [4.78, 5) is 47.4. The number of hydrogen-bond donors (Lipinski definition) is 6. The van der Waals surface area contributed by atoms with Crippen molar-refractivity contribution in [3.63, 3.8) is 0 Å². The third-order valence-electron chi connectivity index (χ3n) is 4.78. The number of fused-ring (bicyclic) bond motifs is 1. The van der Waals surface area contributed by atoms with E-state index in [0.29, 0.717) is 11.2 Å². The number of hydrazine groups is 1. The molecule has 0 saturated carbocycles. The molecule has 1 amide bonds. The predicted octanol–water partition coefficient (Wildman–Crippen LogP) is -3.15. The maximum atomic E-state index is 12.4. The molecule has 7 N–H and O–H groups in total. The van der Waals surface area contributed by atoms with E-state index >= 15 is 0 Å². The number of rotatable bonds is 6. The van der Waals surface area contributed by atoms with E-state index in [2.05, 4.69) is 31.1 Å². The highest BCUT2D eigenvalue weighted by molar-refractivity contribution is 7.80. The second-order valence-corrected chi connectivity index (χ2v) is 7.77. The van der Waals surface area contributed by atoms with Gasteiger partial charge in [0.05, 0.1) is 12.9 Å². The van der Waals surface area contributed by atoms with Crippen LogP contribution in [0.1, 0.15) is 13.8 Å². The van der Waals surface area contributed by atoms with Gasteiger partial charge in [-0.25, -0.2) is 15.0 Å². The molecule has 0 aliphatic carbocycles. The Morgan fingerprint density at radius 3 is 2.51 bits per heavy atom. The van der Waals surface area contributed by atoms with E-state index in [1.807, 2.05) is 0 Å². The van der Waals surface area contributed by atoms with Crippen LogP contribution in [0, 0.1) is 0 Å². The maximum Gasteiger partial charge on any atom is 0.303 e. The van der Waals surface area contributed by atoms with Crippen molar-refractivity contribution in [2.24, 2.45) is 0 Å². The lowest BCUT2D eigenvalue weighted by atomic mass is 9.97. The summed E-state index contributed by atoms with van der Waals surface area (Å²) in [5.41, 5.74) is 11.2. The van der Waals surface area contributed by atoms with Crippen LogP contribution < -0.4 is 21.9 Å². The summed E-state index contributed by atoms with van der Waals surface area (Å²) in [6.45, 7) is 1.40. The largest absolute Gasteiger partial charge is 0.456 e. The number of carbonyl (C=O) groups is 3. The molecule has 35 heavy (non-hydrogen) atoms. The number of thiocarbonyl (C=S) groups is 1. The Balaban J connectivity index is 1.63. The Labute approximate surface area is 203 Å². The average Bonchev–Trinajstić information content (AvgIpc) is 3.20. The van der Waals surface area contributed by atoms with Crippen LogP contribution >= 0.6 is 12.2 Å². The van der Waals surface area contributed by atoms with Gasteiger partial charge in [-0.2, -0.15) is 0 Å². The van der Waals surface area contributed by atoms with Crippen LogP contribution in [0.25, 0.3) is 11.2 Å². The van der Waals surface area contributed by atoms with Crippen molar-refractivity contribution in [3.8, 4) is 0 Å². The minimum absolute atomic E-state index is 0.169. The lowest BCUT2D eigenvalue weighted by molar-refractivity contribution is -0.248. The number of carbonyl (C=O) groups excluding carboxylic acids is 3. The lowest BCUT2D eigenvalue weighted by Gasteiger charge is -2.43. The highest BCUT2D eigenvalue weighted by Gasteiger charge is 2.49. The number of nitrogens with one attached hydrogen (secondary N) is 3. The van der Waals surface area contributed by atoms with Crippen LogP contribution in [0.3, 0.4) is 0 Å². The third kappa shape index (κ3) is 6.27. The number of hydrogen-bond acceptors (Lipinski definition) is 13. The van der Waals surface area contributed by atoms with Gasteiger partial charge in [0, 0.05) is 13.8 Å². The van der Waals surface area contributed by atoms with Crippen molar-refractivity contribution >= 4 is 52.2 Å². The number of nitrogen functional groups attached to an aromatic ring is 1. The highest BCUT2D eigenvalue weighted by Crippen LogP contribution is 2.25. The van der Waals surface area contributed by atoms with Crippen LogP contribution in [0.2, 0.25) is 0 Å². The van der Waals surface area contributed by atoms with Crippen molar-refractivity contribution in [2.45, 2.75) is 51.0 Å². The first-order valence-electron chi connectivity index (χ1n) is 10.2. The average molecular weight is 513 g/mol. The van der Waals surface area contributed by atoms with Crippen molar-refractivity contribution in [2.75, 3.05) is 12.3 Å². The van der Waals surface area contributed by atoms with E-state index in [1.165, 1.54) is 17.2 Å². The molecule has 0 bridgehead atoms. The minimum atomic E-state index is -1.49. The van der Waals surface area contributed by atoms with Crippen molar-refractivity contribution in [1.29, 1.82) is 0 Å². The molecule has 3 rings (SSSR count). The number of aliphatic hydroxyl groups is 2. The van der Waals surface area contributed by atoms with E-state index < -0.39 is 55.1 Å². The van der Waals surface area contributed by atoms with E-state index in [-0.39, 0.29) is 17.5 Å². The van der Waals surface area contributed by atoms with Gasteiger partial charge in [-0.1, -0.05) is 0 Å². The lowest BCUT2D eigenvalue weighted by Crippen LogP contribution is -2.66. The monoisotopic (exact) mass is 512 g/mol. The fourth-order valence-electron chi connectivity index (χ4n) is 3.34. The second kappa shape index (κ2) is 11.2. The molecule has 2 aromatic heterocycles. The van der Waals surface area contributed by atoms with Crippen LogP contribution in [0.15, 0.2) is 12.7 Å². The molecule has 1 fully saturated rings. The second-order valence-electron chi connectivity index (χ2n) is 7.37. The molecule has 1 aliphatic rings. The van der Waals surface area contributed by atoms with Gasteiger partial charge in [0.15, 0.2) is 35.0 Å². The predicted molar refractivity (Wildman–Crippen MR) is 120 cm³/mol. The SMILES string of the molecule is CC(=O)O[C@@H]1[C@@H](OC(C)=O)[C@H](O)[C@@H](CO)O[C@H]1NC(=S)NNC(=O)Cn1cnc2c(N)ncnc21. The fourth-order valence-corrected chi connectivity index (χ4v) is 3.51. The van der Waals surface area contributed by atoms with Crippen molar-refractivity contribution in [1.82, 2.24) is 35.7 Å². The van der Waals surface area contributed by atoms with Gasteiger partial charge in [0.25, 0.3) is 5.91 Å². The molecule has 3 heterocycles. The number of ether oxygens (including phenoxy) is 3. The molecular formula is C18H24N8O8S. The summed E-state index contributed by atoms with van der Waals surface area (Å²) in [6, 6.07) is 0. The smallest absolute Gasteiger partial charge is 0.303 e. The Kier molecular flexibility index (Phi) is 8.28. The van der Waals surface area contributed by atoms with Gasteiger partial charge < -0.3 is 40.0 Å². The molecule has 16 nitrogen and oxygen atoms in total. The van der Waals surface area contributed by atoms with Gasteiger partial charge in [-0.05, 0) is 12.2 Å². The first kappa shape index (κ1) is 25.9. The van der Waals surface area contributed by atoms with Gasteiger partial charge >= 0.3 is 11.9 Å². The van der Waals surface area contributed by atoms with E-state index in [0.717, 1.165) is 13.8 Å². The first-order chi connectivity index (χ1) is 16.6. The van der Waals surface area contributed by atoms with Gasteiger partial charge in [0.1, 0.15) is 30.6 Å². The van der Waals surface area contributed by atoms with Crippen LogP contribution in [-0.2, 0) is 35.1 Å². The zero-order valence-electron chi connectivity index (χ0n) is 18.6. The van der Waals surface area contributed by atoms with E-state index in [9.17, 15) is 24.6 Å². The standard InChI is InChI=1S/C18H24N8O8S/c1-7(28)32-13-12(31)9(4-27)34-17(14(13)33-8(2)29)23-18(35)25-24-10(30)3-26-6-22-11-15(19)20-5-21-16(11)26/h5-6,9,12-14,17,27,31H,3-4H2,1-2H3,(H,24,30)(H2,19,20,21)(H2,23,25,35)/t9-,12-,13+,14-,17-/m1/s1. The number of anilines is 1. The maximum absolute atomic E-state index is 12.4. The summed E-state index contributed by atoms with van der Waals surface area (Å²) < 4.78 is 17.3. The third-order valence-corrected chi connectivity index (χ3v) is 5.00. The zero-order chi connectivity index (χ0) is 25.7. The Hall–Kier alpha value is -3.67. The Bertz CT molecular complexity index is 1110. The molecule has 190 valence electrons. The summed E-state index contributed by atoms with van der Waals surface area (Å²) in [6.07, 6.45) is -4.00. The molecular weight excluding hydrogens is 488 g/mol. The summed E-state index contributed by atoms with van der Waals surface area (Å²) in [5, 5.41) is 22.4. The topological polar surface area (TPSA) is 225 Å². The van der Waals surface area contributed by atoms with Gasteiger partial charge in [-0.3, -0.25) is 25.2 Å². The number of aromatic nitrogens is 4. The number of esters is 2. The normalized spacial score (nSPS) is 23.8. The minimum Gasteiger partial charge on any atom is -0.456 e. The number of imidazole rings is 1. The Morgan fingerprint density at radius 2 is 1.86 bits per heavy atom. The van der Waals surface area contributed by atoms with Crippen molar-refractivity contribution in [3.05, 3.63) is 12.7 Å².